The Morgan fingerprint density at radius 2 is 2.05 bits per heavy atom. The number of rotatable bonds is 1. The Labute approximate surface area is 122 Å². The average molecular weight is 331 g/mol. The predicted molar refractivity (Wildman–Crippen MR) is 77.9 cm³/mol. The summed E-state index contributed by atoms with van der Waals surface area (Å²) in [6.45, 7) is 0. The van der Waals surface area contributed by atoms with E-state index in [0.29, 0.717) is 26.8 Å². The Balaban J connectivity index is 2.35. The van der Waals surface area contributed by atoms with E-state index in [4.69, 9.17) is 11.0 Å². The highest BCUT2D eigenvalue weighted by atomic mass is 79.9. The number of halogens is 2. The summed E-state index contributed by atoms with van der Waals surface area (Å²) in [5, 5.41) is 8.99. The summed E-state index contributed by atoms with van der Waals surface area (Å²) < 4.78 is 15.4. The van der Waals surface area contributed by atoms with Crippen molar-refractivity contribution in [3.05, 3.63) is 52.3 Å². The topological polar surface area (TPSA) is 67.6 Å². The maximum absolute atomic E-state index is 13.2. The zero-order valence-corrected chi connectivity index (χ0v) is 11.7. The number of hydrogen-bond acceptors (Lipinski definition) is 3. The van der Waals surface area contributed by atoms with Gasteiger partial charge >= 0.3 is 0 Å². The maximum Gasteiger partial charge on any atom is 0.205 e. The van der Waals surface area contributed by atoms with Gasteiger partial charge in [0.25, 0.3) is 0 Å². The zero-order valence-electron chi connectivity index (χ0n) is 10.1. The molecule has 0 aliphatic rings. The van der Waals surface area contributed by atoms with Crippen LogP contribution in [-0.4, -0.2) is 9.55 Å². The molecule has 3 rings (SSSR count). The number of nitrogens with two attached hydrogens (primary N) is 1. The van der Waals surface area contributed by atoms with Gasteiger partial charge in [-0.2, -0.15) is 5.26 Å². The van der Waals surface area contributed by atoms with Crippen LogP contribution in [0.25, 0.3) is 16.7 Å². The molecule has 0 aliphatic heterocycles. The monoisotopic (exact) mass is 330 g/mol. The third-order valence-corrected chi connectivity index (χ3v) is 3.60. The standard InChI is InChI=1S/C14H8BrFN4/c15-10-6-9(16)2-4-12(10)20-13-5-8(7-17)1-3-11(13)19-14(20)18/h1-6H,(H2,18,19). The van der Waals surface area contributed by atoms with Gasteiger partial charge in [-0.05, 0) is 52.3 Å². The van der Waals surface area contributed by atoms with Crippen molar-refractivity contribution in [1.82, 2.24) is 9.55 Å². The molecular formula is C14H8BrFN4. The first-order chi connectivity index (χ1) is 9.60. The molecule has 3 aromatic rings. The molecular weight excluding hydrogens is 323 g/mol. The third-order valence-electron chi connectivity index (χ3n) is 2.96. The minimum absolute atomic E-state index is 0.280. The maximum atomic E-state index is 13.2. The summed E-state index contributed by atoms with van der Waals surface area (Å²) in [5.41, 5.74) is 8.50. The first kappa shape index (κ1) is 12.6. The minimum Gasteiger partial charge on any atom is -0.369 e. The van der Waals surface area contributed by atoms with Crippen LogP contribution in [0, 0.1) is 17.1 Å². The van der Waals surface area contributed by atoms with Crippen molar-refractivity contribution >= 4 is 32.9 Å². The van der Waals surface area contributed by atoms with E-state index in [1.165, 1.54) is 12.1 Å². The van der Waals surface area contributed by atoms with E-state index in [2.05, 4.69) is 27.0 Å². The number of anilines is 1. The van der Waals surface area contributed by atoms with Crippen LogP contribution in [0.4, 0.5) is 10.3 Å². The highest BCUT2D eigenvalue weighted by Crippen LogP contribution is 2.29. The lowest BCUT2D eigenvalue weighted by atomic mass is 10.2. The first-order valence-electron chi connectivity index (χ1n) is 5.73. The Bertz CT molecular complexity index is 863. The molecule has 0 saturated carbocycles. The van der Waals surface area contributed by atoms with E-state index < -0.39 is 0 Å². The Hall–Kier alpha value is -2.39. The lowest BCUT2D eigenvalue weighted by Gasteiger charge is -2.09. The van der Waals surface area contributed by atoms with Crippen molar-refractivity contribution in [3.63, 3.8) is 0 Å². The zero-order chi connectivity index (χ0) is 14.3. The lowest BCUT2D eigenvalue weighted by molar-refractivity contribution is 0.626. The van der Waals surface area contributed by atoms with Crippen LogP contribution in [0.2, 0.25) is 0 Å². The summed E-state index contributed by atoms with van der Waals surface area (Å²) in [6, 6.07) is 11.5. The van der Waals surface area contributed by atoms with E-state index in [1.807, 2.05) is 0 Å². The van der Waals surface area contributed by atoms with E-state index in [-0.39, 0.29) is 11.8 Å². The van der Waals surface area contributed by atoms with Gasteiger partial charge in [0.05, 0.1) is 28.4 Å². The molecule has 0 aliphatic carbocycles. The normalized spacial score (nSPS) is 10.7. The van der Waals surface area contributed by atoms with Gasteiger partial charge < -0.3 is 5.73 Å². The number of nitriles is 1. The summed E-state index contributed by atoms with van der Waals surface area (Å²) in [5.74, 6) is -0.0660. The summed E-state index contributed by atoms with van der Waals surface area (Å²) >= 11 is 3.31. The number of fused-ring (bicyclic) bond motifs is 1. The summed E-state index contributed by atoms with van der Waals surface area (Å²) in [7, 11) is 0. The molecule has 2 N–H and O–H groups in total. The van der Waals surface area contributed by atoms with Gasteiger partial charge in [-0.1, -0.05) is 0 Å². The molecule has 20 heavy (non-hydrogen) atoms. The fourth-order valence-electron chi connectivity index (χ4n) is 2.08. The molecule has 98 valence electrons. The Morgan fingerprint density at radius 1 is 1.25 bits per heavy atom. The van der Waals surface area contributed by atoms with Crippen molar-refractivity contribution < 1.29 is 4.39 Å². The molecule has 1 heterocycles. The van der Waals surface area contributed by atoms with Crippen molar-refractivity contribution in [3.8, 4) is 11.8 Å². The Kier molecular flexibility index (Phi) is 2.92. The Morgan fingerprint density at radius 3 is 2.75 bits per heavy atom. The van der Waals surface area contributed by atoms with Crippen LogP contribution >= 0.6 is 15.9 Å². The molecule has 2 aromatic carbocycles. The number of nitrogens with zero attached hydrogens (tertiary/aromatic N) is 3. The summed E-state index contributed by atoms with van der Waals surface area (Å²) in [6.07, 6.45) is 0. The molecule has 4 nitrogen and oxygen atoms in total. The van der Waals surface area contributed by atoms with Crippen molar-refractivity contribution in [2.24, 2.45) is 0 Å². The second-order valence-corrected chi connectivity index (χ2v) is 5.07. The van der Waals surface area contributed by atoms with Crippen molar-refractivity contribution in [2.45, 2.75) is 0 Å². The largest absolute Gasteiger partial charge is 0.369 e. The molecule has 0 fully saturated rings. The fraction of sp³-hybridized carbons (Fsp3) is 0. The van der Waals surface area contributed by atoms with Crippen LogP contribution < -0.4 is 5.73 Å². The van der Waals surface area contributed by atoms with Crippen LogP contribution in [-0.2, 0) is 0 Å². The van der Waals surface area contributed by atoms with Gasteiger partial charge in [0.2, 0.25) is 5.95 Å². The molecule has 0 saturated heterocycles. The molecule has 0 bridgehead atoms. The number of imidazole rings is 1. The molecule has 0 radical (unpaired) electrons. The molecule has 6 heteroatoms. The fourth-order valence-corrected chi connectivity index (χ4v) is 2.61. The van der Waals surface area contributed by atoms with Crippen molar-refractivity contribution in [1.29, 1.82) is 5.26 Å². The molecule has 0 spiro atoms. The van der Waals surface area contributed by atoms with Gasteiger partial charge in [0, 0.05) is 4.47 Å². The second kappa shape index (κ2) is 4.62. The molecule has 0 amide bonds. The highest BCUT2D eigenvalue weighted by molar-refractivity contribution is 9.10. The first-order valence-corrected chi connectivity index (χ1v) is 6.53. The SMILES string of the molecule is N#Cc1ccc2nc(N)n(-c3ccc(F)cc3Br)c2c1. The third kappa shape index (κ3) is 1.92. The number of hydrogen-bond donors (Lipinski definition) is 1. The van der Waals surface area contributed by atoms with Crippen molar-refractivity contribution in [2.75, 3.05) is 5.73 Å². The van der Waals surface area contributed by atoms with Crippen LogP contribution in [0.15, 0.2) is 40.9 Å². The van der Waals surface area contributed by atoms with Gasteiger partial charge in [-0.25, -0.2) is 9.37 Å². The van der Waals surface area contributed by atoms with E-state index >= 15 is 0 Å². The molecule has 0 atom stereocenters. The van der Waals surface area contributed by atoms with Gasteiger partial charge in [0.15, 0.2) is 0 Å². The quantitative estimate of drug-likeness (QED) is 0.743. The van der Waals surface area contributed by atoms with E-state index in [9.17, 15) is 4.39 Å². The van der Waals surface area contributed by atoms with Crippen LogP contribution in [0.5, 0.6) is 0 Å². The predicted octanol–water partition coefficient (Wildman–Crippen LogP) is 3.38. The average Bonchev–Trinajstić information content (AvgIpc) is 2.74. The highest BCUT2D eigenvalue weighted by Gasteiger charge is 2.13. The van der Waals surface area contributed by atoms with Crippen LogP contribution in [0.1, 0.15) is 5.56 Å². The second-order valence-electron chi connectivity index (χ2n) is 4.22. The van der Waals surface area contributed by atoms with Crippen LogP contribution in [0.3, 0.4) is 0 Å². The smallest absolute Gasteiger partial charge is 0.205 e. The number of benzene rings is 2. The van der Waals surface area contributed by atoms with Gasteiger partial charge in [-0.3, -0.25) is 4.57 Å². The van der Waals surface area contributed by atoms with E-state index in [0.717, 1.165) is 0 Å². The van der Waals surface area contributed by atoms with Gasteiger partial charge in [0.1, 0.15) is 5.82 Å². The summed E-state index contributed by atoms with van der Waals surface area (Å²) in [4.78, 5) is 4.25. The number of nitrogen functional groups attached to an aromatic ring is 1. The molecule has 1 aromatic heterocycles. The lowest BCUT2D eigenvalue weighted by Crippen LogP contribution is -2.01. The number of aromatic nitrogens is 2. The minimum atomic E-state index is -0.346. The molecule has 0 unspecified atom stereocenters. The van der Waals surface area contributed by atoms with E-state index in [1.54, 1.807) is 28.8 Å². The van der Waals surface area contributed by atoms with Gasteiger partial charge in [-0.15, -0.1) is 0 Å².